The van der Waals surface area contributed by atoms with Gasteiger partial charge in [0.05, 0.1) is 0 Å². The maximum absolute atomic E-state index is 2.57. The molecule has 0 spiro atoms. The van der Waals surface area contributed by atoms with E-state index in [-0.39, 0.29) is 0 Å². The number of piperidine rings is 1. The summed E-state index contributed by atoms with van der Waals surface area (Å²) in [4.78, 5) is 2.57. The van der Waals surface area contributed by atoms with E-state index in [1.54, 1.807) is 5.57 Å². The summed E-state index contributed by atoms with van der Waals surface area (Å²) < 4.78 is 0. The van der Waals surface area contributed by atoms with Gasteiger partial charge in [-0.3, -0.25) is 4.90 Å². The lowest BCUT2D eigenvalue weighted by atomic mass is 9.98. The molecule has 1 saturated heterocycles. The molecule has 0 atom stereocenters. The fourth-order valence-electron chi connectivity index (χ4n) is 1.75. The molecule has 12 heavy (non-hydrogen) atoms. The molecule has 1 rings (SSSR count). The Morgan fingerprint density at radius 1 is 1.17 bits per heavy atom. The quantitative estimate of drug-likeness (QED) is 0.501. The molecule has 0 aromatic heterocycles. The van der Waals surface area contributed by atoms with Crippen molar-refractivity contribution in [3.63, 3.8) is 0 Å². The third kappa shape index (κ3) is 2.34. The van der Waals surface area contributed by atoms with E-state index >= 15 is 0 Å². The van der Waals surface area contributed by atoms with Crippen LogP contribution in [-0.4, -0.2) is 23.5 Å². The average Bonchev–Trinajstić information content (AvgIpc) is 2.03. The predicted molar refractivity (Wildman–Crippen MR) is 54.3 cm³/mol. The van der Waals surface area contributed by atoms with Crippen LogP contribution in [0, 0.1) is 0 Å². The van der Waals surface area contributed by atoms with Crippen molar-refractivity contribution in [2.75, 3.05) is 13.1 Å². The van der Waals surface area contributed by atoms with Gasteiger partial charge in [-0.15, -0.1) is 0 Å². The highest BCUT2D eigenvalue weighted by Crippen LogP contribution is 2.22. The van der Waals surface area contributed by atoms with E-state index in [9.17, 15) is 0 Å². The lowest BCUT2D eigenvalue weighted by Gasteiger charge is -2.39. The fraction of sp³-hybridized carbons (Fsp3) is 0.818. The lowest BCUT2D eigenvalue weighted by molar-refractivity contribution is 0.126. The molecule has 0 aromatic carbocycles. The van der Waals surface area contributed by atoms with E-state index in [0.717, 1.165) is 0 Å². The maximum atomic E-state index is 2.57. The van der Waals surface area contributed by atoms with Gasteiger partial charge >= 0.3 is 0 Å². The normalized spacial score (nSPS) is 21.2. The van der Waals surface area contributed by atoms with E-state index in [1.165, 1.54) is 25.9 Å². The van der Waals surface area contributed by atoms with Crippen LogP contribution in [0.5, 0.6) is 0 Å². The molecule has 0 amide bonds. The SMILES string of the molecule is CC=C1CCN(C(C)(C)C)CC1. The number of allylic oxidation sites excluding steroid dienone is 1. The Hall–Kier alpha value is -0.300. The summed E-state index contributed by atoms with van der Waals surface area (Å²) in [6, 6.07) is 0. The molecule has 1 heteroatoms. The van der Waals surface area contributed by atoms with E-state index in [1.807, 2.05) is 0 Å². The summed E-state index contributed by atoms with van der Waals surface area (Å²) in [5.74, 6) is 0. The van der Waals surface area contributed by atoms with Crippen LogP contribution in [0.2, 0.25) is 0 Å². The minimum Gasteiger partial charge on any atom is -0.298 e. The van der Waals surface area contributed by atoms with E-state index in [0.29, 0.717) is 5.54 Å². The minimum absolute atomic E-state index is 0.360. The van der Waals surface area contributed by atoms with E-state index in [2.05, 4.69) is 38.7 Å². The van der Waals surface area contributed by atoms with Gasteiger partial charge in [0.15, 0.2) is 0 Å². The summed E-state index contributed by atoms with van der Waals surface area (Å²) >= 11 is 0. The highest BCUT2D eigenvalue weighted by molar-refractivity contribution is 5.05. The van der Waals surface area contributed by atoms with Crippen LogP contribution in [0.25, 0.3) is 0 Å². The Morgan fingerprint density at radius 2 is 1.67 bits per heavy atom. The van der Waals surface area contributed by atoms with E-state index in [4.69, 9.17) is 0 Å². The number of likely N-dealkylation sites (tertiary alicyclic amines) is 1. The molecule has 1 aliphatic heterocycles. The predicted octanol–water partition coefficient (Wildman–Crippen LogP) is 2.83. The molecule has 1 aliphatic rings. The largest absolute Gasteiger partial charge is 0.298 e. The Labute approximate surface area is 76.5 Å². The molecule has 1 fully saturated rings. The van der Waals surface area contributed by atoms with Gasteiger partial charge in [-0.1, -0.05) is 11.6 Å². The van der Waals surface area contributed by atoms with Crippen LogP contribution in [0.15, 0.2) is 11.6 Å². The zero-order chi connectivity index (χ0) is 9.19. The van der Waals surface area contributed by atoms with Crippen molar-refractivity contribution < 1.29 is 0 Å². The van der Waals surface area contributed by atoms with E-state index < -0.39 is 0 Å². The number of hydrogen-bond acceptors (Lipinski definition) is 1. The number of hydrogen-bond donors (Lipinski definition) is 0. The average molecular weight is 167 g/mol. The first kappa shape index (κ1) is 9.79. The first-order chi connectivity index (χ1) is 5.54. The van der Waals surface area contributed by atoms with Crippen molar-refractivity contribution >= 4 is 0 Å². The van der Waals surface area contributed by atoms with Gasteiger partial charge in [-0.2, -0.15) is 0 Å². The van der Waals surface area contributed by atoms with Crippen molar-refractivity contribution in [2.24, 2.45) is 0 Å². The number of nitrogens with zero attached hydrogens (tertiary/aromatic N) is 1. The van der Waals surface area contributed by atoms with Crippen molar-refractivity contribution in [3.8, 4) is 0 Å². The zero-order valence-electron chi connectivity index (χ0n) is 8.85. The van der Waals surface area contributed by atoms with Gasteiger partial charge in [0, 0.05) is 18.6 Å². The fourth-order valence-corrected chi connectivity index (χ4v) is 1.75. The second-order valence-corrected chi connectivity index (χ2v) is 4.60. The molecule has 0 aromatic rings. The highest BCUT2D eigenvalue weighted by Gasteiger charge is 2.23. The first-order valence-corrected chi connectivity index (χ1v) is 4.93. The Bertz CT molecular complexity index is 164. The summed E-state index contributed by atoms with van der Waals surface area (Å²) in [6.45, 7) is 11.5. The van der Waals surface area contributed by atoms with Gasteiger partial charge in [-0.05, 0) is 40.5 Å². The van der Waals surface area contributed by atoms with Crippen molar-refractivity contribution in [2.45, 2.75) is 46.1 Å². The molecular weight excluding hydrogens is 146 g/mol. The topological polar surface area (TPSA) is 3.24 Å². The van der Waals surface area contributed by atoms with Crippen molar-refractivity contribution in [3.05, 3.63) is 11.6 Å². The summed E-state index contributed by atoms with van der Waals surface area (Å²) in [5, 5.41) is 0. The van der Waals surface area contributed by atoms with Crippen LogP contribution in [-0.2, 0) is 0 Å². The smallest absolute Gasteiger partial charge is 0.0125 e. The molecule has 1 nitrogen and oxygen atoms in total. The van der Waals surface area contributed by atoms with Crippen LogP contribution >= 0.6 is 0 Å². The molecule has 0 radical (unpaired) electrons. The van der Waals surface area contributed by atoms with Crippen LogP contribution in [0.3, 0.4) is 0 Å². The maximum Gasteiger partial charge on any atom is 0.0125 e. The second-order valence-electron chi connectivity index (χ2n) is 4.60. The molecule has 0 bridgehead atoms. The van der Waals surface area contributed by atoms with Crippen LogP contribution < -0.4 is 0 Å². The minimum atomic E-state index is 0.360. The Kier molecular flexibility index (Phi) is 2.94. The summed E-state index contributed by atoms with van der Waals surface area (Å²) in [5.41, 5.74) is 2.00. The standard InChI is InChI=1S/C11H21N/c1-5-10-6-8-12(9-7-10)11(2,3)4/h5H,6-9H2,1-4H3. The molecule has 0 unspecified atom stereocenters. The molecule has 1 heterocycles. The second kappa shape index (κ2) is 3.61. The molecule has 0 saturated carbocycles. The number of rotatable bonds is 0. The van der Waals surface area contributed by atoms with Gasteiger partial charge < -0.3 is 0 Å². The van der Waals surface area contributed by atoms with Crippen molar-refractivity contribution in [1.82, 2.24) is 4.90 Å². The Balaban J connectivity index is 2.47. The summed E-state index contributed by atoms with van der Waals surface area (Å²) in [7, 11) is 0. The third-order valence-electron chi connectivity index (χ3n) is 2.76. The van der Waals surface area contributed by atoms with Crippen LogP contribution in [0.4, 0.5) is 0 Å². The van der Waals surface area contributed by atoms with Gasteiger partial charge in [-0.25, -0.2) is 0 Å². The van der Waals surface area contributed by atoms with Gasteiger partial charge in [0.1, 0.15) is 0 Å². The molecule has 70 valence electrons. The van der Waals surface area contributed by atoms with Crippen LogP contribution in [0.1, 0.15) is 40.5 Å². The molecule has 0 N–H and O–H groups in total. The first-order valence-electron chi connectivity index (χ1n) is 4.93. The third-order valence-corrected chi connectivity index (χ3v) is 2.76. The van der Waals surface area contributed by atoms with Crippen molar-refractivity contribution in [1.29, 1.82) is 0 Å². The summed E-state index contributed by atoms with van der Waals surface area (Å²) in [6.07, 6.45) is 4.82. The van der Waals surface area contributed by atoms with Gasteiger partial charge in [0.25, 0.3) is 0 Å². The molecular formula is C11H21N. The lowest BCUT2D eigenvalue weighted by Crippen LogP contribution is -2.44. The monoisotopic (exact) mass is 167 g/mol. The molecule has 0 aliphatic carbocycles. The highest BCUT2D eigenvalue weighted by atomic mass is 15.2. The zero-order valence-corrected chi connectivity index (χ0v) is 8.85. The Morgan fingerprint density at radius 3 is 2.00 bits per heavy atom. The van der Waals surface area contributed by atoms with Gasteiger partial charge in [0.2, 0.25) is 0 Å².